The first-order valence-electron chi connectivity index (χ1n) is 10.6. The van der Waals surface area contributed by atoms with E-state index in [4.69, 9.17) is 10.2 Å². The number of nitrogens with two attached hydrogens (primary N) is 1. The monoisotopic (exact) mass is 418 g/mol. The summed E-state index contributed by atoms with van der Waals surface area (Å²) in [5, 5.41) is 21.5. The number of rotatable bonds is 12. The van der Waals surface area contributed by atoms with E-state index in [9.17, 15) is 15.0 Å². The fraction of sp³-hybridized carbons (Fsp3) is 0.636. The Morgan fingerprint density at radius 1 is 1.31 bits per heavy atom. The van der Waals surface area contributed by atoms with Crippen molar-refractivity contribution in [2.45, 2.75) is 63.0 Å². The van der Waals surface area contributed by atoms with Crippen molar-refractivity contribution in [2.75, 3.05) is 11.5 Å². The fourth-order valence-corrected chi connectivity index (χ4v) is 4.91. The van der Waals surface area contributed by atoms with Crippen molar-refractivity contribution in [3.63, 3.8) is 0 Å². The number of hydrogen-bond donors (Lipinski definition) is 3. The van der Waals surface area contributed by atoms with E-state index in [1.165, 1.54) is 25.7 Å². The number of fused-ring (bicyclic) bond motifs is 1. The second-order valence-electron chi connectivity index (χ2n) is 8.68. The molecule has 158 valence electrons. The molecule has 0 amide bonds. The van der Waals surface area contributed by atoms with Gasteiger partial charge in [-0.2, -0.15) is 11.8 Å². The molecule has 6 nitrogen and oxygen atoms in total. The van der Waals surface area contributed by atoms with Crippen LogP contribution in [0.3, 0.4) is 0 Å². The Hall–Kier alpha value is -1.57. The number of carboxylic acid groups (broad SMARTS) is 1. The van der Waals surface area contributed by atoms with Crippen molar-refractivity contribution in [3.05, 3.63) is 29.8 Å². The largest absolute Gasteiger partial charge is 0.479 e. The topological polar surface area (TPSA) is 110 Å². The number of aryl methyl sites for hydroxylation is 1. The van der Waals surface area contributed by atoms with Crippen LogP contribution in [-0.2, 0) is 17.6 Å². The van der Waals surface area contributed by atoms with E-state index < -0.39 is 17.6 Å². The number of aliphatic carboxylic acids is 1. The van der Waals surface area contributed by atoms with Gasteiger partial charge in [0, 0.05) is 30.2 Å². The van der Waals surface area contributed by atoms with Crippen LogP contribution < -0.4 is 5.73 Å². The lowest BCUT2D eigenvalue weighted by Gasteiger charge is -2.29. The molecule has 2 aromatic rings. The lowest BCUT2D eigenvalue weighted by molar-refractivity contribution is -0.160. The first-order valence-corrected chi connectivity index (χ1v) is 11.8. The first-order chi connectivity index (χ1) is 14.0. The van der Waals surface area contributed by atoms with Crippen molar-refractivity contribution in [1.82, 2.24) is 4.98 Å². The maximum Gasteiger partial charge on any atom is 0.337 e. The van der Waals surface area contributed by atoms with Gasteiger partial charge < -0.3 is 20.4 Å². The van der Waals surface area contributed by atoms with Gasteiger partial charge in [-0.25, -0.2) is 4.79 Å². The van der Waals surface area contributed by atoms with Crippen molar-refractivity contribution >= 4 is 28.7 Å². The zero-order valence-corrected chi connectivity index (χ0v) is 17.5. The van der Waals surface area contributed by atoms with E-state index >= 15 is 0 Å². The van der Waals surface area contributed by atoms with Crippen LogP contribution in [0.2, 0.25) is 0 Å². The molecule has 2 aliphatic carbocycles. The highest BCUT2D eigenvalue weighted by Crippen LogP contribution is 2.35. The summed E-state index contributed by atoms with van der Waals surface area (Å²) >= 11 is 1.62. The molecule has 2 atom stereocenters. The third kappa shape index (κ3) is 5.13. The SMILES string of the molecule is NC(CSCCC1CC1)C(O)(Cc1nccc2oc(CCC3CC3)cc12)C(=O)O. The van der Waals surface area contributed by atoms with Crippen LogP contribution in [0.4, 0.5) is 0 Å². The summed E-state index contributed by atoms with van der Waals surface area (Å²) in [4.78, 5) is 16.3. The molecule has 2 aromatic heterocycles. The molecule has 7 heteroatoms. The van der Waals surface area contributed by atoms with E-state index in [1.807, 2.05) is 6.07 Å². The van der Waals surface area contributed by atoms with E-state index in [2.05, 4.69) is 4.98 Å². The van der Waals surface area contributed by atoms with Gasteiger partial charge in [0.15, 0.2) is 5.60 Å². The molecule has 2 aliphatic rings. The molecule has 29 heavy (non-hydrogen) atoms. The highest BCUT2D eigenvalue weighted by molar-refractivity contribution is 7.99. The molecule has 0 spiro atoms. The third-order valence-corrected chi connectivity index (χ3v) is 7.28. The highest BCUT2D eigenvalue weighted by atomic mass is 32.2. The predicted molar refractivity (Wildman–Crippen MR) is 114 cm³/mol. The molecular formula is C22H30N2O4S. The number of carbonyl (C=O) groups is 1. The van der Waals surface area contributed by atoms with Gasteiger partial charge in [0.25, 0.3) is 0 Å². The smallest absolute Gasteiger partial charge is 0.337 e. The Labute approximate surface area is 175 Å². The van der Waals surface area contributed by atoms with E-state index in [1.54, 1.807) is 24.0 Å². The van der Waals surface area contributed by atoms with Gasteiger partial charge in [0.05, 0.1) is 11.7 Å². The van der Waals surface area contributed by atoms with Gasteiger partial charge in [-0.05, 0) is 42.6 Å². The molecule has 0 saturated heterocycles. The second kappa shape index (κ2) is 8.66. The molecule has 4 rings (SSSR count). The van der Waals surface area contributed by atoms with E-state index in [0.717, 1.165) is 48.0 Å². The Balaban J connectivity index is 1.45. The summed E-state index contributed by atoms with van der Waals surface area (Å²) < 4.78 is 5.93. The Kier molecular flexibility index (Phi) is 6.18. The van der Waals surface area contributed by atoms with Gasteiger partial charge in [-0.3, -0.25) is 4.98 Å². The number of aliphatic hydroxyl groups is 1. The summed E-state index contributed by atoms with van der Waals surface area (Å²) in [6.45, 7) is 0. The van der Waals surface area contributed by atoms with Crippen molar-refractivity contribution < 1.29 is 19.4 Å². The second-order valence-corrected chi connectivity index (χ2v) is 9.83. The lowest BCUT2D eigenvalue weighted by atomic mass is 9.89. The quantitative estimate of drug-likeness (QED) is 0.453. The molecule has 0 bridgehead atoms. The Morgan fingerprint density at radius 2 is 2.03 bits per heavy atom. The van der Waals surface area contributed by atoms with Crippen LogP contribution in [-0.4, -0.2) is 44.3 Å². The van der Waals surface area contributed by atoms with Crippen molar-refractivity contribution in [1.29, 1.82) is 0 Å². The minimum Gasteiger partial charge on any atom is -0.479 e. The van der Waals surface area contributed by atoms with E-state index in [0.29, 0.717) is 17.0 Å². The number of thioether (sulfide) groups is 1. The average molecular weight is 419 g/mol. The van der Waals surface area contributed by atoms with Gasteiger partial charge in [0.2, 0.25) is 0 Å². The van der Waals surface area contributed by atoms with Gasteiger partial charge in [-0.1, -0.05) is 25.7 Å². The summed E-state index contributed by atoms with van der Waals surface area (Å²) in [5.74, 6) is 2.59. The van der Waals surface area contributed by atoms with Gasteiger partial charge in [-0.15, -0.1) is 0 Å². The van der Waals surface area contributed by atoms with Crippen LogP contribution in [0.25, 0.3) is 11.0 Å². The zero-order valence-electron chi connectivity index (χ0n) is 16.7. The van der Waals surface area contributed by atoms with Crippen LogP contribution in [0.15, 0.2) is 22.7 Å². The fourth-order valence-electron chi connectivity index (χ4n) is 3.71. The third-order valence-electron chi connectivity index (χ3n) is 6.16. The van der Waals surface area contributed by atoms with Crippen LogP contribution >= 0.6 is 11.8 Å². The normalized spacial score (nSPS) is 19.9. The maximum atomic E-state index is 12.0. The minimum atomic E-state index is -2.06. The molecule has 2 fully saturated rings. The number of furan rings is 1. The average Bonchev–Trinajstić information content (AvgIpc) is 3.62. The zero-order chi connectivity index (χ0) is 20.4. The summed E-state index contributed by atoms with van der Waals surface area (Å²) in [6.07, 6.45) is 9.80. The molecule has 2 unspecified atom stereocenters. The molecule has 0 aliphatic heterocycles. The molecular weight excluding hydrogens is 388 g/mol. The van der Waals surface area contributed by atoms with Gasteiger partial charge in [0.1, 0.15) is 11.3 Å². The number of pyridine rings is 1. The van der Waals surface area contributed by atoms with Crippen LogP contribution in [0.1, 0.15) is 50.0 Å². The molecule has 0 aromatic carbocycles. The number of hydrogen-bond acceptors (Lipinski definition) is 6. The van der Waals surface area contributed by atoms with Crippen molar-refractivity contribution in [2.24, 2.45) is 17.6 Å². The van der Waals surface area contributed by atoms with E-state index in [-0.39, 0.29) is 6.42 Å². The summed E-state index contributed by atoms with van der Waals surface area (Å²) in [7, 11) is 0. The maximum absolute atomic E-state index is 12.0. The Bertz CT molecular complexity index is 862. The number of nitrogens with zero attached hydrogens (tertiary/aromatic N) is 1. The van der Waals surface area contributed by atoms with Crippen LogP contribution in [0, 0.1) is 11.8 Å². The summed E-state index contributed by atoms with van der Waals surface area (Å²) in [6, 6.07) is 2.85. The first kappa shape index (κ1) is 20.7. The molecule has 2 heterocycles. The molecule has 4 N–H and O–H groups in total. The predicted octanol–water partition coefficient (Wildman–Crippen LogP) is 3.39. The highest BCUT2D eigenvalue weighted by Gasteiger charge is 2.43. The minimum absolute atomic E-state index is 0.133. The standard InChI is InChI=1S/C22H30N2O4S/c23-20(13-29-10-8-15-3-4-15)22(27,21(25)26)12-18-17-11-16(6-5-14-1-2-14)28-19(17)7-9-24-18/h7,9,11,14-15,20,27H,1-6,8,10,12-13,23H2,(H,25,26). The lowest BCUT2D eigenvalue weighted by Crippen LogP contribution is -2.57. The van der Waals surface area contributed by atoms with Crippen molar-refractivity contribution in [3.8, 4) is 0 Å². The number of carboxylic acids is 1. The summed E-state index contributed by atoms with van der Waals surface area (Å²) in [5.41, 5.74) is 5.31. The van der Waals surface area contributed by atoms with Gasteiger partial charge >= 0.3 is 5.97 Å². The van der Waals surface area contributed by atoms with Crippen LogP contribution in [0.5, 0.6) is 0 Å². The Morgan fingerprint density at radius 3 is 2.72 bits per heavy atom. The molecule has 0 radical (unpaired) electrons. The number of aromatic nitrogens is 1. The molecule has 2 saturated carbocycles.